The molecule has 0 spiro atoms. The molecule has 2 rings (SSSR count). The van der Waals surface area contributed by atoms with Crippen molar-refractivity contribution in [2.24, 2.45) is 5.73 Å². The highest BCUT2D eigenvalue weighted by Gasteiger charge is 2.10. The van der Waals surface area contributed by atoms with Crippen LogP contribution < -0.4 is 11.1 Å². The molecule has 0 radical (unpaired) electrons. The second-order valence-corrected chi connectivity index (χ2v) is 4.80. The van der Waals surface area contributed by atoms with Gasteiger partial charge < -0.3 is 16.2 Å². The SMILES string of the molecule is CC(O)C(N)CNc1nc2ccccc2s1. The number of nitrogens with two attached hydrogens (primary N) is 1. The van der Waals surface area contributed by atoms with E-state index in [2.05, 4.69) is 10.3 Å². The van der Waals surface area contributed by atoms with Gasteiger partial charge in [0.25, 0.3) is 0 Å². The van der Waals surface area contributed by atoms with Crippen molar-refractivity contribution in [3.05, 3.63) is 24.3 Å². The zero-order valence-corrected chi connectivity index (χ0v) is 9.87. The number of fused-ring (bicyclic) bond motifs is 1. The zero-order valence-electron chi connectivity index (χ0n) is 9.05. The number of hydrogen-bond acceptors (Lipinski definition) is 5. The number of para-hydroxylation sites is 1. The van der Waals surface area contributed by atoms with E-state index in [1.165, 1.54) is 0 Å². The number of hydrogen-bond donors (Lipinski definition) is 3. The first-order valence-corrected chi connectivity index (χ1v) is 6.01. The molecule has 1 aromatic heterocycles. The van der Waals surface area contributed by atoms with E-state index in [0.717, 1.165) is 15.3 Å². The lowest BCUT2D eigenvalue weighted by molar-refractivity contribution is 0.168. The Morgan fingerprint density at radius 2 is 2.25 bits per heavy atom. The molecule has 16 heavy (non-hydrogen) atoms. The van der Waals surface area contributed by atoms with Crippen LogP contribution in [0.15, 0.2) is 24.3 Å². The van der Waals surface area contributed by atoms with Crippen LogP contribution in [0.1, 0.15) is 6.92 Å². The maximum Gasteiger partial charge on any atom is 0.183 e. The fourth-order valence-electron chi connectivity index (χ4n) is 1.32. The van der Waals surface area contributed by atoms with Crippen molar-refractivity contribution in [2.45, 2.75) is 19.1 Å². The molecule has 0 aliphatic rings. The second-order valence-electron chi connectivity index (χ2n) is 3.77. The van der Waals surface area contributed by atoms with Gasteiger partial charge in [0.1, 0.15) is 0 Å². The van der Waals surface area contributed by atoms with Gasteiger partial charge in [0.2, 0.25) is 0 Å². The smallest absolute Gasteiger partial charge is 0.183 e. The Bertz CT molecular complexity index is 436. The fraction of sp³-hybridized carbons (Fsp3) is 0.364. The van der Waals surface area contributed by atoms with Crippen molar-refractivity contribution in [3.8, 4) is 0 Å². The largest absolute Gasteiger partial charge is 0.392 e. The van der Waals surface area contributed by atoms with Crippen LogP contribution in [0.25, 0.3) is 10.2 Å². The maximum absolute atomic E-state index is 9.26. The van der Waals surface area contributed by atoms with Gasteiger partial charge in [-0.2, -0.15) is 0 Å². The highest BCUT2D eigenvalue weighted by Crippen LogP contribution is 2.25. The van der Waals surface area contributed by atoms with E-state index in [-0.39, 0.29) is 6.04 Å². The maximum atomic E-state index is 9.26. The third-order valence-electron chi connectivity index (χ3n) is 2.40. The Morgan fingerprint density at radius 1 is 1.50 bits per heavy atom. The van der Waals surface area contributed by atoms with E-state index in [1.54, 1.807) is 18.3 Å². The fourth-order valence-corrected chi connectivity index (χ4v) is 2.20. The lowest BCUT2D eigenvalue weighted by atomic mass is 10.2. The normalized spacial score (nSPS) is 14.9. The number of thiazole rings is 1. The number of benzene rings is 1. The molecule has 2 aromatic rings. The lowest BCUT2D eigenvalue weighted by Gasteiger charge is -2.14. The summed E-state index contributed by atoms with van der Waals surface area (Å²) in [5, 5.41) is 13.2. The summed E-state index contributed by atoms with van der Waals surface area (Å²) in [4.78, 5) is 4.41. The number of aliphatic hydroxyl groups is 1. The van der Waals surface area contributed by atoms with E-state index in [0.29, 0.717) is 6.54 Å². The monoisotopic (exact) mass is 237 g/mol. The molecule has 1 heterocycles. The Labute approximate surface area is 98.1 Å². The van der Waals surface area contributed by atoms with Gasteiger partial charge in [-0.25, -0.2) is 4.98 Å². The highest BCUT2D eigenvalue weighted by atomic mass is 32.1. The molecule has 4 N–H and O–H groups in total. The van der Waals surface area contributed by atoms with Crippen LogP contribution in [0, 0.1) is 0 Å². The predicted molar refractivity (Wildman–Crippen MR) is 67.8 cm³/mol. The molecular weight excluding hydrogens is 222 g/mol. The van der Waals surface area contributed by atoms with E-state index in [9.17, 15) is 5.11 Å². The quantitative estimate of drug-likeness (QED) is 0.752. The number of nitrogens with one attached hydrogen (secondary N) is 1. The topological polar surface area (TPSA) is 71.2 Å². The highest BCUT2D eigenvalue weighted by molar-refractivity contribution is 7.22. The zero-order chi connectivity index (χ0) is 11.5. The number of aliphatic hydroxyl groups excluding tert-OH is 1. The van der Waals surface area contributed by atoms with Crippen molar-refractivity contribution in [3.63, 3.8) is 0 Å². The number of nitrogens with zero attached hydrogens (tertiary/aromatic N) is 1. The molecule has 86 valence electrons. The van der Waals surface area contributed by atoms with Gasteiger partial charge >= 0.3 is 0 Å². The van der Waals surface area contributed by atoms with Gasteiger partial charge in [0.05, 0.1) is 16.3 Å². The molecule has 0 aliphatic carbocycles. The molecule has 0 aliphatic heterocycles. The van der Waals surface area contributed by atoms with Gasteiger partial charge in [-0.05, 0) is 19.1 Å². The van der Waals surface area contributed by atoms with Crippen LogP contribution >= 0.6 is 11.3 Å². The molecule has 5 heteroatoms. The Kier molecular flexibility index (Phi) is 3.38. The van der Waals surface area contributed by atoms with E-state index < -0.39 is 6.10 Å². The Morgan fingerprint density at radius 3 is 2.94 bits per heavy atom. The third kappa shape index (κ3) is 2.49. The first kappa shape index (κ1) is 11.3. The molecule has 1 aromatic carbocycles. The lowest BCUT2D eigenvalue weighted by Crippen LogP contribution is -2.38. The standard InChI is InChI=1S/C11H15N3OS/c1-7(15)8(12)6-13-11-14-9-4-2-3-5-10(9)16-11/h2-5,7-8,15H,6,12H2,1H3,(H,13,14). The van der Waals surface area contributed by atoms with Crippen LogP contribution in [-0.2, 0) is 0 Å². The molecule has 4 nitrogen and oxygen atoms in total. The van der Waals surface area contributed by atoms with Gasteiger partial charge in [-0.15, -0.1) is 0 Å². The van der Waals surface area contributed by atoms with E-state index in [4.69, 9.17) is 5.73 Å². The molecule has 0 saturated heterocycles. The van der Waals surface area contributed by atoms with Crippen molar-refractivity contribution in [1.29, 1.82) is 0 Å². The van der Waals surface area contributed by atoms with Crippen molar-refractivity contribution in [2.75, 3.05) is 11.9 Å². The van der Waals surface area contributed by atoms with Crippen molar-refractivity contribution in [1.82, 2.24) is 4.98 Å². The summed E-state index contributed by atoms with van der Waals surface area (Å²) in [5.41, 5.74) is 6.71. The molecular formula is C11H15N3OS. The average Bonchev–Trinajstić information content (AvgIpc) is 2.68. The van der Waals surface area contributed by atoms with Crippen LogP contribution in [-0.4, -0.2) is 28.8 Å². The summed E-state index contributed by atoms with van der Waals surface area (Å²) in [6, 6.07) is 7.70. The predicted octanol–water partition coefficient (Wildman–Crippen LogP) is 1.42. The number of anilines is 1. The summed E-state index contributed by atoms with van der Waals surface area (Å²) < 4.78 is 1.15. The van der Waals surface area contributed by atoms with Crippen LogP contribution in [0.5, 0.6) is 0 Å². The first-order chi connectivity index (χ1) is 7.66. The summed E-state index contributed by atoms with van der Waals surface area (Å²) in [5.74, 6) is 0. The molecule has 0 saturated carbocycles. The van der Waals surface area contributed by atoms with Gasteiger partial charge in [0.15, 0.2) is 5.13 Å². The Hall–Kier alpha value is -1.17. The number of rotatable bonds is 4. The minimum Gasteiger partial charge on any atom is -0.392 e. The molecule has 2 atom stereocenters. The summed E-state index contributed by atoms with van der Waals surface area (Å²) in [6.45, 7) is 2.21. The Balaban J connectivity index is 2.05. The number of aromatic nitrogens is 1. The van der Waals surface area contributed by atoms with E-state index in [1.807, 2.05) is 24.3 Å². The van der Waals surface area contributed by atoms with Crippen LogP contribution in [0.2, 0.25) is 0 Å². The summed E-state index contributed by atoms with van der Waals surface area (Å²) in [7, 11) is 0. The van der Waals surface area contributed by atoms with Crippen molar-refractivity contribution < 1.29 is 5.11 Å². The van der Waals surface area contributed by atoms with E-state index >= 15 is 0 Å². The molecule has 0 amide bonds. The second kappa shape index (κ2) is 4.78. The molecule has 0 bridgehead atoms. The van der Waals surface area contributed by atoms with Crippen LogP contribution in [0.3, 0.4) is 0 Å². The average molecular weight is 237 g/mol. The summed E-state index contributed by atoms with van der Waals surface area (Å²) in [6.07, 6.45) is -0.512. The minimum atomic E-state index is -0.512. The molecule has 2 unspecified atom stereocenters. The molecule has 0 fully saturated rings. The minimum absolute atomic E-state index is 0.271. The van der Waals surface area contributed by atoms with Gasteiger partial charge in [-0.3, -0.25) is 0 Å². The summed E-state index contributed by atoms with van der Waals surface area (Å²) >= 11 is 1.59. The van der Waals surface area contributed by atoms with Gasteiger partial charge in [-0.1, -0.05) is 23.5 Å². The third-order valence-corrected chi connectivity index (χ3v) is 3.40. The first-order valence-electron chi connectivity index (χ1n) is 5.20. The van der Waals surface area contributed by atoms with Gasteiger partial charge in [0, 0.05) is 12.6 Å². The van der Waals surface area contributed by atoms with Crippen molar-refractivity contribution >= 4 is 26.7 Å². The van der Waals surface area contributed by atoms with Crippen LogP contribution in [0.4, 0.5) is 5.13 Å².